The first-order valence-corrected chi connectivity index (χ1v) is 8.42. The number of ether oxygens (including phenoxy) is 2. The van der Waals surface area contributed by atoms with Crippen LogP contribution in [-0.4, -0.2) is 31.6 Å². The van der Waals surface area contributed by atoms with Gasteiger partial charge in [-0.15, -0.1) is 0 Å². The maximum absolute atomic E-state index is 11.9. The van der Waals surface area contributed by atoms with Gasteiger partial charge in [0.15, 0.2) is 0 Å². The summed E-state index contributed by atoms with van der Waals surface area (Å²) in [5, 5.41) is 5.34. The molecule has 6 nitrogen and oxygen atoms in total. The molecule has 0 aliphatic carbocycles. The number of hydrogen-bond donors (Lipinski definition) is 2. The fourth-order valence-corrected chi connectivity index (χ4v) is 2.26. The minimum atomic E-state index is -0.286. The number of hydrogen-bond acceptors (Lipinski definition) is 4. The number of nitrogens with one attached hydrogen (secondary N) is 2. The van der Waals surface area contributed by atoms with Crippen LogP contribution in [-0.2, 0) is 16.0 Å². The van der Waals surface area contributed by atoms with Gasteiger partial charge in [-0.05, 0) is 55.8 Å². The molecule has 2 rings (SSSR count). The molecule has 0 bridgehead atoms. The normalized spacial score (nSPS) is 10.3. The second-order valence-corrected chi connectivity index (χ2v) is 6.04. The topological polar surface area (TPSA) is 76.7 Å². The lowest BCUT2D eigenvalue weighted by atomic mass is 10.1. The van der Waals surface area contributed by atoms with Crippen molar-refractivity contribution in [1.29, 1.82) is 0 Å². The van der Waals surface area contributed by atoms with Crippen molar-refractivity contribution in [2.24, 2.45) is 0 Å². The minimum absolute atomic E-state index is 0.0841. The molecule has 0 unspecified atom stereocenters. The summed E-state index contributed by atoms with van der Waals surface area (Å²) in [6.07, 6.45) is 0.301. The van der Waals surface area contributed by atoms with Gasteiger partial charge in [-0.2, -0.15) is 0 Å². The van der Waals surface area contributed by atoms with Gasteiger partial charge >= 0.3 is 0 Å². The van der Waals surface area contributed by atoms with E-state index in [1.807, 2.05) is 26.0 Å². The Labute approximate surface area is 153 Å². The van der Waals surface area contributed by atoms with E-state index in [0.717, 1.165) is 17.1 Å². The molecule has 0 atom stereocenters. The third-order valence-electron chi connectivity index (χ3n) is 3.48. The maximum Gasteiger partial charge on any atom is 0.243 e. The zero-order chi connectivity index (χ0) is 18.9. The first kappa shape index (κ1) is 19.3. The van der Waals surface area contributed by atoms with Crippen LogP contribution in [0.2, 0.25) is 0 Å². The number of carbonyl (C=O) groups is 2. The number of amides is 2. The van der Waals surface area contributed by atoms with Crippen molar-refractivity contribution in [2.45, 2.75) is 26.4 Å². The SMILES string of the molecule is COc1ccc(CC(=O)NCC(=O)Nc2ccc(OC(C)C)cc2)cc1. The fraction of sp³-hybridized carbons (Fsp3) is 0.300. The number of rotatable bonds is 8. The monoisotopic (exact) mass is 356 g/mol. The Bertz CT molecular complexity index is 724. The number of carbonyl (C=O) groups excluding carboxylic acids is 2. The van der Waals surface area contributed by atoms with Crippen LogP contribution in [0.1, 0.15) is 19.4 Å². The third-order valence-corrected chi connectivity index (χ3v) is 3.48. The molecule has 0 aliphatic rings. The lowest BCUT2D eigenvalue weighted by Gasteiger charge is -2.11. The highest BCUT2D eigenvalue weighted by molar-refractivity contribution is 5.94. The first-order chi connectivity index (χ1) is 12.5. The Morgan fingerprint density at radius 3 is 2.12 bits per heavy atom. The van der Waals surface area contributed by atoms with Gasteiger partial charge in [0.05, 0.1) is 26.2 Å². The van der Waals surface area contributed by atoms with Crippen molar-refractivity contribution in [3.8, 4) is 11.5 Å². The summed E-state index contributed by atoms with van der Waals surface area (Å²) in [4.78, 5) is 23.9. The molecule has 2 aromatic rings. The van der Waals surface area contributed by atoms with Crippen LogP contribution < -0.4 is 20.1 Å². The Balaban J connectivity index is 1.75. The van der Waals surface area contributed by atoms with Crippen molar-refractivity contribution in [3.63, 3.8) is 0 Å². The quantitative estimate of drug-likeness (QED) is 0.762. The van der Waals surface area contributed by atoms with Crippen LogP contribution in [0.4, 0.5) is 5.69 Å². The molecule has 0 saturated heterocycles. The average Bonchev–Trinajstić information content (AvgIpc) is 2.62. The van der Waals surface area contributed by atoms with E-state index in [1.165, 1.54) is 0 Å². The van der Waals surface area contributed by atoms with E-state index in [9.17, 15) is 9.59 Å². The molecule has 26 heavy (non-hydrogen) atoms. The molecular weight excluding hydrogens is 332 g/mol. The summed E-state index contributed by atoms with van der Waals surface area (Å²) in [7, 11) is 1.59. The van der Waals surface area contributed by atoms with Gasteiger partial charge in [0, 0.05) is 5.69 Å². The second kappa shape index (κ2) is 9.46. The predicted molar refractivity (Wildman–Crippen MR) is 101 cm³/mol. The Kier molecular flexibility index (Phi) is 7.02. The zero-order valence-corrected chi connectivity index (χ0v) is 15.2. The van der Waals surface area contributed by atoms with E-state index in [-0.39, 0.29) is 30.9 Å². The number of benzene rings is 2. The molecule has 0 fully saturated rings. The summed E-state index contributed by atoms with van der Waals surface area (Å²) in [6.45, 7) is 3.81. The van der Waals surface area contributed by atoms with E-state index in [1.54, 1.807) is 43.5 Å². The molecule has 2 N–H and O–H groups in total. The molecule has 0 aromatic heterocycles. The molecule has 0 spiro atoms. The zero-order valence-electron chi connectivity index (χ0n) is 15.2. The average molecular weight is 356 g/mol. The van der Waals surface area contributed by atoms with Gasteiger partial charge in [0.1, 0.15) is 11.5 Å². The van der Waals surface area contributed by atoms with Crippen LogP contribution >= 0.6 is 0 Å². The molecule has 2 amide bonds. The largest absolute Gasteiger partial charge is 0.497 e. The number of methoxy groups -OCH3 is 1. The maximum atomic E-state index is 11.9. The van der Waals surface area contributed by atoms with E-state index in [0.29, 0.717) is 5.69 Å². The summed E-state index contributed by atoms with van der Waals surface area (Å²) >= 11 is 0. The van der Waals surface area contributed by atoms with Crippen LogP contribution in [0.5, 0.6) is 11.5 Å². The van der Waals surface area contributed by atoms with Gasteiger partial charge in [0.2, 0.25) is 11.8 Å². The highest BCUT2D eigenvalue weighted by Crippen LogP contribution is 2.16. The lowest BCUT2D eigenvalue weighted by molar-refractivity contribution is -0.123. The minimum Gasteiger partial charge on any atom is -0.497 e. The van der Waals surface area contributed by atoms with Gasteiger partial charge < -0.3 is 20.1 Å². The Morgan fingerprint density at radius 1 is 0.923 bits per heavy atom. The molecule has 0 heterocycles. The predicted octanol–water partition coefficient (Wildman–Crippen LogP) is 2.78. The van der Waals surface area contributed by atoms with E-state index >= 15 is 0 Å². The van der Waals surface area contributed by atoms with Gasteiger partial charge in [-0.3, -0.25) is 9.59 Å². The molecule has 0 radical (unpaired) electrons. The van der Waals surface area contributed by atoms with Crippen molar-refractivity contribution in [2.75, 3.05) is 19.0 Å². The molecule has 2 aromatic carbocycles. The van der Waals surface area contributed by atoms with E-state index in [2.05, 4.69) is 10.6 Å². The van der Waals surface area contributed by atoms with E-state index < -0.39 is 0 Å². The number of anilines is 1. The van der Waals surface area contributed by atoms with Gasteiger partial charge in [-0.25, -0.2) is 0 Å². The second-order valence-electron chi connectivity index (χ2n) is 6.04. The van der Waals surface area contributed by atoms with Crippen LogP contribution in [0.15, 0.2) is 48.5 Å². The lowest BCUT2D eigenvalue weighted by Crippen LogP contribution is -2.33. The molecule has 0 aliphatic heterocycles. The third kappa shape index (κ3) is 6.47. The van der Waals surface area contributed by atoms with Crippen molar-refractivity contribution in [3.05, 3.63) is 54.1 Å². The summed E-state index contributed by atoms with van der Waals surface area (Å²) < 4.78 is 10.6. The van der Waals surface area contributed by atoms with Crippen molar-refractivity contribution in [1.82, 2.24) is 5.32 Å². The highest BCUT2D eigenvalue weighted by atomic mass is 16.5. The Morgan fingerprint density at radius 2 is 1.54 bits per heavy atom. The molecule has 138 valence electrons. The summed E-state index contributed by atoms with van der Waals surface area (Å²) in [5.41, 5.74) is 1.50. The fourth-order valence-electron chi connectivity index (χ4n) is 2.26. The molecular formula is C20H24N2O4. The van der Waals surface area contributed by atoms with Crippen molar-refractivity contribution < 1.29 is 19.1 Å². The van der Waals surface area contributed by atoms with Crippen LogP contribution in [0, 0.1) is 0 Å². The van der Waals surface area contributed by atoms with Crippen LogP contribution in [0.3, 0.4) is 0 Å². The van der Waals surface area contributed by atoms with Gasteiger partial charge in [0.25, 0.3) is 0 Å². The first-order valence-electron chi connectivity index (χ1n) is 8.42. The highest BCUT2D eigenvalue weighted by Gasteiger charge is 2.07. The van der Waals surface area contributed by atoms with Crippen LogP contribution in [0.25, 0.3) is 0 Å². The summed E-state index contributed by atoms with van der Waals surface area (Å²) in [5.74, 6) is 0.973. The Hall–Kier alpha value is -3.02. The van der Waals surface area contributed by atoms with Gasteiger partial charge in [-0.1, -0.05) is 12.1 Å². The van der Waals surface area contributed by atoms with Crippen molar-refractivity contribution >= 4 is 17.5 Å². The molecule has 0 saturated carbocycles. The summed E-state index contributed by atoms with van der Waals surface area (Å²) in [6, 6.07) is 14.3. The van der Waals surface area contributed by atoms with E-state index in [4.69, 9.17) is 9.47 Å². The smallest absolute Gasteiger partial charge is 0.243 e. The molecule has 6 heteroatoms. The standard InChI is InChI=1S/C20H24N2O4/c1-14(2)26-18-10-6-16(7-11-18)22-20(24)13-21-19(23)12-15-4-8-17(25-3)9-5-15/h4-11,14H,12-13H2,1-3H3,(H,21,23)(H,22,24).